The lowest BCUT2D eigenvalue weighted by Crippen LogP contribution is -2.74. The lowest BCUT2D eigenvalue weighted by atomic mass is 9.61. The molecule has 0 bridgehead atoms. The van der Waals surface area contributed by atoms with Crippen molar-refractivity contribution < 1.29 is 19.1 Å². The summed E-state index contributed by atoms with van der Waals surface area (Å²) < 4.78 is 4.90. The molecular formula is C18H31N3O4. The van der Waals surface area contributed by atoms with Gasteiger partial charge in [-0.3, -0.25) is 14.5 Å². The monoisotopic (exact) mass is 353 g/mol. The van der Waals surface area contributed by atoms with Crippen LogP contribution in [0.2, 0.25) is 0 Å². The van der Waals surface area contributed by atoms with Crippen LogP contribution in [0.3, 0.4) is 0 Å². The number of imide groups is 1. The Morgan fingerprint density at radius 1 is 1.24 bits per heavy atom. The van der Waals surface area contributed by atoms with Crippen LogP contribution in [0.5, 0.6) is 0 Å². The standard InChI is InChI=1S/C18H31N3O4/c1-7-16(5)11-18(12(4)17(6,8-2)20-16)14(23)21(15(24)19-18)10-13(22)25-9-3/h12,20H,7-11H2,1-6H3,(H,19,24). The van der Waals surface area contributed by atoms with Gasteiger partial charge in [-0.05, 0) is 40.0 Å². The van der Waals surface area contributed by atoms with Crippen LogP contribution in [0, 0.1) is 5.92 Å². The number of hydrogen-bond acceptors (Lipinski definition) is 5. The molecule has 4 unspecified atom stereocenters. The highest BCUT2D eigenvalue weighted by atomic mass is 16.5. The summed E-state index contributed by atoms with van der Waals surface area (Å²) in [6.45, 7) is 11.9. The summed E-state index contributed by atoms with van der Waals surface area (Å²) in [5.41, 5.74) is -1.57. The van der Waals surface area contributed by atoms with Crippen LogP contribution in [0.25, 0.3) is 0 Å². The lowest BCUT2D eigenvalue weighted by Gasteiger charge is -2.56. The van der Waals surface area contributed by atoms with Gasteiger partial charge in [0.05, 0.1) is 6.61 Å². The van der Waals surface area contributed by atoms with Crippen molar-refractivity contribution in [1.29, 1.82) is 0 Å². The van der Waals surface area contributed by atoms with Crippen molar-refractivity contribution in [3.8, 4) is 0 Å². The zero-order valence-electron chi connectivity index (χ0n) is 16.2. The molecule has 0 saturated carbocycles. The maximum absolute atomic E-state index is 13.3. The number of rotatable bonds is 5. The third-order valence-electron chi connectivity index (χ3n) is 6.26. The third-order valence-corrected chi connectivity index (χ3v) is 6.26. The molecule has 2 aliphatic rings. The molecule has 1 spiro atoms. The van der Waals surface area contributed by atoms with E-state index in [1.807, 2.05) is 6.92 Å². The first kappa shape index (κ1) is 19.7. The minimum Gasteiger partial charge on any atom is -0.465 e. The first-order valence-electron chi connectivity index (χ1n) is 9.16. The maximum Gasteiger partial charge on any atom is 0.326 e. The quantitative estimate of drug-likeness (QED) is 0.581. The van der Waals surface area contributed by atoms with Crippen LogP contribution >= 0.6 is 0 Å². The fourth-order valence-electron chi connectivity index (χ4n) is 4.30. The van der Waals surface area contributed by atoms with E-state index in [1.165, 1.54) is 0 Å². The van der Waals surface area contributed by atoms with Crippen molar-refractivity contribution in [2.24, 2.45) is 5.92 Å². The highest BCUT2D eigenvalue weighted by Gasteiger charge is 2.63. The average Bonchev–Trinajstić information content (AvgIpc) is 2.78. The Kier molecular flexibility index (Phi) is 5.19. The largest absolute Gasteiger partial charge is 0.465 e. The van der Waals surface area contributed by atoms with Crippen LogP contribution in [0.1, 0.15) is 60.8 Å². The summed E-state index contributed by atoms with van der Waals surface area (Å²) in [5.74, 6) is -1.01. The second-order valence-electron chi connectivity index (χ2n) is 7.81. The van der Waals surface area contributed by atoms with E-state index < -0.39 is 17.5 Å². The van der Waals surface area contributed by atoms with Gasteiger partial charge in [0, 0.05) is 17.0 Å². The molecular weight excluding hydrogens is 322 g/mol. The number of nitrogens with one attached hydrogen (secondary N) is 2. The Hall–Kier alpha value is -1.63. The Morgan fingerprint density at radius 3 is 2.40 bits per heavy atom. The second kappa shape index (κ2) is 6.59. The molecule has 4 atom stereocenters. The molecule has 25 heavy (non-hydrogen) atoms. The summed E-state index contributed by atoms with van der Waals surface area (Å²) in [5, 5.41) is 6.64. The van der Waals surface area contributed by atoms with E-state index >= 15 is 0 Å². The smallest absolute Gasteiger partial charge is 0.326 e. The molecule has 3 amide bonds. The number of nitrogens with zero attached hydrogens (tertiary/aromatic N) is 1. The van der Waals surface area contributed by atoms with E-state index in [1.54, 1.807) is 6.92 Å². The van der Waals surface area contributed by atoms with E-state index in [2.05, 4.69) is 38.3 Å². The predicted octanol–water partition coefficient (Wildman–Crippen LogP) is 1.81. The number of ether oxygens (including phenoxy) is 1. The average molecular weight is 353 g/mol. The minimum atomic E-state index is -0.996. The van der Waals surface area contributed by atoms with Gasteiger partial charge in [0.25, 0.3) is 5.91 Å². The van der Waals surface area contributed by atoms with Gasteiger partial charge in [0.2, 0.25) is 0 Å². The fraction of sp³-hybridized carbons (Fsp3) is 0.833. The Bertz CT molecular complexity index is 581. The van der Waals surface area contributed by atoms with Crippen molar-refractivity contribution in [3.63, 3.8) is 0 Å². The Morgan fingerprint density at radius 2 is 1.88 bits per heavy atom. The van der Waals surface area contributed by atoms with Gasteiger partial charge in [0.15, 0.2) is 0 Å². The van der Waals surface area contributed by atoms with Crippen LogP contribution in [-0.2, 0) is 14.3 Å². The molecule has 0 aliphatic carbocycles. The normalized spacial score (nSPS) is 38.2. The van der Waals surface area contributed by atoms with Crippen molar-refractivity contribution in [3.05, 3.63) is 0 Å². The topological polar surface area (TPSA) is 87.7 Å². The molecule has 2 fully saturated rings. The summed E-state index contributed by atoms with van der Waals surface area (Å²) in [6.07, 6.45) is 2.15. The number of hydrogen-bond donors (Lipinski definition) is 2. The molecule has 142 valence electrons. The lowest BCUT2D eigenvalue weighted by molar-refractivity contribution is -0.149. The van der Waals surface area contributed by atoms with E-state index in [9.17, 15) is 14.4 Å². The van der Waals surface area contributed by atoms with Gasteiger partial charge in [0.1, 0.15) is 12.1 Å². The van der Waals surface area contributed by atoms with Crippen LogP contribution < -0.4 is 10.6 Å². The third kappa shape index (κ3) is 3.14. The first-order chi connectivity index (χ1) is 11.6. The number of esters is 1. The molecule has 2 N–H and O–H groups in total. The summed E-state index contributed by atoms with van der Waals surface area (Å²) >= 11 is 0. The highest BCUT2D eigenvalue weighted by molar-refractivity contribution is 6.09. The van der Waals surface area contributed by atoms with Crippen molar-refractivity contribution >= 4 is 17.9 Å². The van der Waals surface area contributed by atoms with E-state index in [0.29, 0.717) is 6.42 Å². The second-order valence-corrected chi connectivity index (χ2v) is 7.81. The molecule has 2 saturated heterocycles. The number of amides is 3. The molecule has 2 heterocycles. The number of piperidine rings is 1. The van der Waals surface area contributed by atoms with E-state index in [0.717, 1.165) is 17.7 Å². The van der Waals surface area contributed by atoms with Gasteiger partial charge in [-0.1, -0.05) is 20.8 Å². The van der Waals surface area contributed by atoms with Gasteiger partial charge in [-0.25, -0.2) is 4.79 Å². The SMILES string of the molecule is CCOC(=O)CN1C(=O)NC2(CC(C)(CC)NC(C)(CC)C2C)C1=O. The van der Waals surface area contributed by atoms with Crippen molar-refractivity contribution in [2.75, 3.05) is 13.2 Å². The molecule has 0 aromatic heterocycles. The molecule has 7 nitrogen and oxygen atoms in total. The molecule has 0 aromatic rings. The van der Waals surface area contributed by atoms with Crippen molar-refractivity contribution in [1.82, 2.24) is 15.5 Å². The van der Waals surface area contributed by atoms with Gasteiger partial charge in [-0.15, -0.1) is 0 Å². The zero-order chi connectivity index (χ0) is 19.0. The Balaban J connectivity index is 2.39. The number of urea groups is 1. The van der Waals surface area contributed by atoms with E-state index in [4.69, 9.17) is 4.74 Å². The molecule has 0 aromatic carbocycles. The van der Waals surface area contributed by atoms with Gasteiger partial charge >= 0.3 is 12.0 Å². The first-order valence-corrected chi connectivity index (χ1v) is 9.16. The van der Waals surface area contributed by atoms with Gasteiger partial charge in [-0.2, -0.15) is 0 Å². The van der Waals surface area contributed by atoms with E-state index in [-0.39, 0.29) is 36.1 Å². The van der Waals surface area contributed by atoms with Crippen LogP contribution in [0.15, 0.2) is 0 Å². The molecule has 7 heteroatoms. The molecule has 2 aliphatic heterocycles. The summed E-state index contributed by atoms with van der Waals surface area (Å²) in [7, 11) is 0. The van der Waals surface area contributed by atoms with Crippen LogP contribution in [0.4, 0.5) is 4.79 Å². The van der Waals surface area contributed by atoms with Crippen LogP contribution in [-0.4, -0.2) is 52.6 Å². The number of carbonyl (C=O) groups excluding carboxylic acids is 3. The predicted molar refractivity (Wildman–Crippen MR) is 93.9 cm³/mol. The minimum absolute atomic E-state index is 0.117. The molecule has 0 radical (unpaired) electrons. The Labute approximate surface area is 149 Å². The van der Waals surface area contributed by atoms with Gasteiger partial charge < -0.3 is 15.4 Å². The molecule has 2 rings (SSSR count). The summed E-state index contributed by atoms with van der Waals surface area (Å²) in [6, 6.07) is -0.510. The number of carbonyl (C=O) groups is 3. The fourth-order valence-corrected chi connectivity index (χ4v) is 4.30. The summed E-state index contributed by atoms with van der Waals surface area (Å²) in [4.78, 5) is 38.6. The maximum atomic E-state index is 13.3. The van der Waals surface area contributed by atoms with Crippen molar-refractivity contribution in [2.45, 2.75) is 77.4 Å². The zero-order valence-corrected chi connectivity index (χ0v) is 16.2. The highest BCUT2D eigenvalue weighted by Crippen LogP contribution is 2.46.